The van der Waals surface area contributed by atoms with E-state index in [1.807, 2.05) is 22.8 Å². The summed E-state index contributed by atoms with van der Waals surface area (Å²) in [7, 11) is 0. The van der Waals surface area contributed by atoms with E-state index >= 15 is 0 Å². The molecule has 134 valence electrons. The molecule has 6 heteroatoms. The molecule has 0 saturated carbocycles. The summed E-state index contributed by atoms with van der Waals surface area (Å²) in [5.74, 6) is 0.383. The number of likely N-dealkylation sites (tertiary alicyclic amines) is 1. The van der Waals surface area contributed by atoms with E-state index in [9.17, 15) is 9.18 Å². The largest absolute Gasteiger partial charge is 0.384 e. The summed E-state index contributed by atoms with van der Waals surface area (Å²) in [6.07, 6.45) is 0.411. The molecule has 0 unspecified atom stereocenters. The Hall–Kier alpha value is -2.37. The lowest BCUT2D eigenvalue weighted by Crippen LogP contribution is -2.30. The second-order valence-electron chi connectivity index (χ2n) is 7.19. The van der Waals surface area contributed by atoms with Gasteiger partial charge < -0.3 is 15.2 Å². The van der Waals surface area contributed by atoms with Crippen molar-refractivity contribution in [3.8, 4) is 0 Å². The Labute approximate surface area is 147 Å². The van der Waals surface area contributed by atoms with Gasteiger partial charge in [0, 0.05) is 29.6 Å². The molecule has 0 bridgehead atoms. The molecule has 1 fully saturated rings. The number of amidine groups is 1. The van der Waals surface area contributed by atoms with E-state index in [0.29, 0.717) is 36.7 Å². The van der Waals surface area contributed by atoms with Crippen LogP contribution in [0.25, 0.3) is 10.9 Å². The summed E-state index contributed by atoms with van der Waals surface area (Å²) in [5.41, 5.74) is 7.74. The summed E-state index contributed by atoms with van der Waals surface area (Å²) in [6.45, 7) is 5.62. The molecule has 1 aliphatic rings. The Morgan fingerprint density at radius 3 is 2.76 bits per heavy atom. The van der Waals surface area contributed by atoms with Gasteiger partial charge in [0.15, 0.2) is 0 Å². The van der Waals surface area contributed by atoms with Gasteiger partial charge in [0.25, 0.3) is 5.91 Å². The van der Waals surface area contributed by atoms with Gasteiger partial charge in [0.1, 0.15) is 17.7 Å². The molecule has 2 heterocycles. The van der Waals surface area contributed by atoms with Crippen molar-refractivity contribution in [1.82, 2.24) is 9.47 Å². The number of fused-ring (bicyclic) bond motifs is 1. The predicted octanol–water partition coefficient (Wildman–Crippen LogP) is 3.16. The number of benzene rings is 1. The highest BCUT2D eigenvalue weighted by molar-refractivity contribution is 6.02. The summed E-state index contributed by atoms with van der Waals surface area (Å²) in [4.78, 5) is 14.5. The molecule has 1 atom stereocenters. The Kier molecular flexibility index (Phi) is 4.79. The lowest BCUT2D eigenvalue weighted by atomic mass is 10.1. The van der Waals surface area contributed by atoms with Crippen LogP contribution in [0, 0.1) is 11.3 Å². The Morgan fingerprint density at radius 2 is 2.16 bits per heavy atom. The van der Waals surface area contributed by atoms with Crippen LogP contribution in [-0.4, -0.2) is 40.5 Å². The van der Waals surface area contributed by atoms with Crippen molar-refractivity contribution in [1.29, 1.82) is 5.41 Å². The number of rotatable bonds is 5. The predicted molar refractivity (Wildman–Crippen MR) is 97.8 cm³/mol. The zero-order valence-corrected chi connectivity index (χ0v) is 14.8. The van der Waals surface area contributed by atoms with Crippen LogP contribution < -0.4 is 5.73 Å². The molecule has 1 saturated heterocycles. The molecule has 3 rings (SSSR count). The number of aromatic nitrogens is 1. The molecule has 1 aromatic heterocycles. The maximum absolute atomic E-state index is 13.5. The van der Waals surface area contributed by atoms with Crippen molar-refractivity contribution in [3.63, 3.8) is 0 Å². The second kappa shape index (κ2) is 6.86. The van der Waals surface area contributed by atoms with Crippen LogP contribution in [-0.2, 0) is 6.54 Å². The smallest absolute Gasteiger partial charge is 0.270 e. The zero-order chi connectivity index (χ0) is 18.1. The van der Waals surface area contributed by atoms with E-state index in [4.69, 9.17) is 11.1 Å². The molecule has 1 aliphatic heterocycles. The molecule has 0 spiro atoms. The van der Waals surface area contributed by atoms with Crippen LogP contribution in [0.3, 0.4) is 0 Å². The SMILES string of the molecule is CC(C)CCn1c(C(=O)N2CC[C@H](F)C2)cc2ccc(C(=N)N)cc21. The fraction of sp³-hybridized carbons (Fsp3) is 0.474. The summed E-state index contributed by atoms with van der Waals surface area (Å²) in [5, 5.41) is 8.59. The van der Waals surface area contributed by atoms with Crippen molar-refractivity contribution in [2.75, 3.05) is 13.1 Å². The molecule has 1 amide bonds. The first kappa shape index (κ1) is 17.5. The fourth-order valence-electron chi connectivity index (χ4n) is 3.29. The van der Waals surface area contributed by atoms with E-state index in [1.165, 1.54) is 0 Å². The number of amides is 1. The number of nitrogen functional groups attached to an aromatic ring is 1. The highest BCUT2D eigenvalue weighted by Crippen LogP contribution is 2.25. The molecule has 1 aromatic carbocycles. The van der Waals surface area contributed by atoms with Gasteiger partial charge in [-0.3, -0.25) is 10.2 Å². The molecule has 5 nitrogen and oxygen atoms in total. The van der Waals surface area contributed by atoms with Crippen LogP contribution in [0.15, 0.2) is 24.3 Å². The minimum Gasteiger partial charge on any atom is -0.384 e. The zero-order valence-electron chi connectivity index (χ0n) is 14.8. The minimum absolute atomic E-state index is 0.00574. The minimum atomic E-state index is -0.929. The Bertz CT molecular complexity index is 811. The molecule has 25 heavy (non-hydrogen) atoms. The number of nitrogens with two attached hydrogens (primary N) is 1. The average Bonchev–Trinajstić information content (AvgIpc) is 3.15. The van der Waals surface area contributed by atoms with Crippen molar-refractivity contribution in [2.45, 2.75) is 39.4 Å². The first-order valence-electron chi connectivity index (χ1n) is 8.78. The van der Waals surface area contributed by atoms with E-state index in [0.717, 1.165) is 17.3 Å². The third kappa shape index (κ3) is 3.52. The van der Waals surface area contributed by atoms with E-state index in [1.54, 1.807) is 11.0 Å². The van der Waals surface area contributed by atoms with Gasteiger partial charge in [-0.15, -0.1) is 0 Å². The summed E-state index contributed by atoms with van der Waals surface area (Å²) >= 11 is 0. The number of carbonyl (C=O) groups is 1. The first-order valence-corrected chi connectivity index (χ1v) is 8.78. The van der Waals surface area contributed by atoms with E-state index in [2.05, 4.69) is 13.8 Å². The fourth-order valence-corrected chi connectivity index (χ4v) is 3.29. The van der Waals surface area contributed by atoms with Crippen molar-refractivity contribution < 1.29 is 9.18 Å². The highest BCUT2D eigenvalue weighted by atomic mass is 19.1. The second-order valence-corrected chi connectivity index (χ2v) is 7.19. The number of nitrogens with one attached hydrogen (secondary N) is 1. The topological polar surface area (TPSA) is 75.1 Å². The summed E-state index contributed by atoms with van der Waals surface area (Å²) < 4.78 is 15.5. The highest BCUT2D eigenvalue weighted by Gasteiger charge is 2.29. The third-order valence-corrected chi connectivity index (χ3v) is 4.78. The van der Waals surface area contributed by atoms with Gasteiger partial charge in [-0.25, -0.2) is 4.39 Å². The van der Waals surface area contributed by atoms with Gasteiger partial charge in [-0.2, -0.15) is 0 Å². The van der Waals surface area contributed by atoms with Crippen LogP contribution in [0.5, 0.6) is 0 Å². The van der Waals surface area contributed by atoms with Crippen LogP contribution in [0.1, 0.15) is 42.7 Å². The molecule has 3 N–H and O–H groups in total. The molecule has 0 aliphatic carbocycles. The number of hydrogen-bond donors (Lipinski definition) is 2. The van der Waals surface area contributed by atoms with Gasteiger partial charge in [0.2, 0.25) is 0 Å². The molecular weight excluding hydrogens is 319 g/mol. The number of aryl methyl sites for hydroxylation is 1. The number of halogens is 1. The van der Waals surface area contributed by atoms with Crippen molar-refractivity contribution in [3.05, 3.63) is 35.5 Å². The van der Waals surface area contributed by atoms with Gasteiger partial charge >= 0.3 is 0 Å². The van der Waals surface area contributed by atoms with E-state index in [-0.39, 0.29) is 18.3 Å². The standard InChI is InChI=1S/C19H25FN4O/c1-12(2)5-8-24-16-10-14(18(21)22)4-3-13(16)9-17(24)19(25)23-7-6-15(20)11-23/h3-4,9-10,12,15H,5-8,11H2,1-2H3,(H3,21,22)/t15-/m0/s1. The molecule has 0 radical (unpaired) electrons. The van der Waals surface area contributed by atoms with Gasteiger partial charge in [-0.1, -0.05) is 26.0 Å². The molecular formula is C19H25FN4O. The lowest BCUT2D eigenvalue weighted by molar-refractivity contribution is 0.0772. The van der Waals surface area contributed by atoms with Crippen molar-refractivity contribution in [2.24, 2.45) is 11.7 Å². The van der Waals surface area contributed by atoms with Gasteiger partial charge in [-0.05, 0) is 30.9 Å². The Morgan fingerprint density at radius 1 is 1.40 bits per heavy atom. The third-order valence-electron chi connectivity index (χ3n) is 4.78. The maximum atomic E-state index is 13.5. The summed E-state index contributed by atoms with van der Waals surface area (Å²) in [6, 6.07) is 7.40. The number of carbonyl (C=O) groups excluding carboxylic acids is 1. The lowest BCUT2D eigenvalue weighted by Gasteiger charge is -2.18. The van der Waals surface area contributed by atoms with Crippen LogP contribution in [0.4, 0.5) is 4.39 Å². The van der Waals surface area contributed by atoms with Crippen molar-refractivity contribution >= 4 is 22.6 Å². The first-order chi connectivity index (χ1) is 11.9. The van der Waals surface area contributed by atoms with Crippen LogP contribution >= 0.6 is 0 Å². The monoisotopic (exact) mass is 344 g/mol. The van der Waals surface area contributed by atoms with Crippen LogP contribution in [0.2, 0.25) is 0 Å². The number of hydrogen-bond acceptors (Lipinski definition) is 2. The normalized spacial score (nSPS) is 17.6. The Balaban J connectivity index is 2.04. The maximum Gasteiger partial charge on any atom is 0.270 e. The number of alkyl halides is 1. The average molecular weight is 344 g/mol. The van der Waals surface area contributed by atoms with E-state index < -0.39 is 6.17 Å². The number of nitrogens with zero attached hydrogens (tertiary/aromatic N) is 2. The quantitative estimate of drug-likeness (QED) is 0.646. The van der Waals surface area contributed by atoms with Gasteiger partial charge in [0.05, 0.1) is 6.54 Å². The molecule has 2 aromatic rings.